The van der Waals surface area contributed by atoms with Crippen LogP contribution in [0.25, 0.3) is 6.08 Å². The van der Waals surface area contributed by atoms with Gasteiger partial charge in [0, 0.05) is 11.5 Å². The number of likely N-dealkylation sites (N-methyl/N-ethyl adjacent to an activating group) is 1. The lowest BCUT2D eigenvalue weighted by Gasteiger charge is -2.13. The molecule has 0 bridgehead atoms. The van der Waals surface area contributed by atoms with Crippen LogP contribution in [0.3, 0.4) is 0 Å². The Morgan fingerprint density at radius 2 is 1.89 bits per heavy atom. The van der Waals surface area contributed by atoms with E-state index in [4.69, 9.17) is 15.2 Å². The van der Waals surface area contributed by atoms with E-state index in [9.17, 15) is 4.79 Å². The summed E-state index contributed by atoms with van der Waals surface area (Å²) in [5.41, 5.74) is 7.91. The van der Waals surface area contributed by atoms with Crippen molar-refractivity contribution in [2.24, 2.45) is 10.7 Å². The third-order valence-electron chi connectivity index (χ3n) is 3.94. The van der Waals surface area contributed by atoms with Gasteiger partial charge in [-0.2, -0.15) is 4.99 Å². The second kappa shape index (κ2) is 8.92. The van der Waals surface area contributed by atoms with Crippen LogP contribution >= 0.6 is 28.3 Å². The summed E-state index contributed by atoms with van der Waals surface area (Å²) in [6.45, 7) is 0.426. The van der Waals surface area contributed by atoms with Crippen LogP contribution in [0.1, 0.15) is 11.1 Å². The minimum atomic E-state index is -0.362. The van der Waals surface area contributed by atoms with E-state index < -0.39 is 0 Å². The van der Waals surface area contributed by atoms with Crippen LogP contribution in [-0.4, -0.2) is 30.9 Å². The molecule has 1 amide bonds. The van der Waals surface area contributed by atoms with Crippen molar-refractivity contribution in [1.82, 2.24) is 4.90 Å². The number of hydrogen-bond donors (Lipinski definition) is 1. The Bertz CT molecular complexity index is 898. The van der Waals surface area contributed by atoms with E-state index in [2.05, 4.69) is 20.9 Å². The first-order valence-electron chi connectivity index (χ1n) is 7.87. The van der Waals surface area contributed by atoms with Crippen LogP contribution in [0, 0.1) is 0 Å². The van der Waals surface area contributed by atoms with Gasteiger partial charge in [0.2, 0.25) is 5.96 Å². The van der Waals surface area contributed by atoms with Crippen molar-refractivity contribution in [3.05, 3.63) is 63.8 Å². The standard InChI is InChI=1S/C19H18BrN3O3.ClH/c1-23-15(18(24)22-19(23)21)9-13-5-8-16(17(10-13)25-2)26-11-12-3-6-14(20)7-4-12;/h3-10H,11H2,1-2H3,(H2,21,22,24);1H/b15-9+;. The van der Waals surface area contributed by atoms with Crippen LogP contribution in [0.4, 0.5) is 0 Å². The van der Waals surface area contributed by atoms with E-state index in [-0.39, 0.29) is 24.3 Å². The molecular weight excluding hydrogens is 434 g/mol. The summed E-state index contributed by atoms with van der Waals surface area (Å²) in [4.78, 5) is 17.1. The molecule has 0 atom stereocenters. The summed E-state index contributed by atoms with van der Waals surface area (Å²) in [6, 6.07) is 13.4. The highest BCUT2D eigenvalue weighted by molar-refractivity contribution is 9.10. The average Bonchev–Trinajstić information content (AvgIpc) is 2.88. The number of hydrogen-bond acceptors (Lipinski definition) is 5. The first-order valence-corrected chi connectivity index (χ1v) is 8.66. The number of rotatable bonds is 5. The lowest BCUT2D eigenvalue weighted by molar-refractivity contribution is -0.114. The quantitative estimate of drug-likeness (QED) is 0.702. The smallest absolute Gasteiger partial charge is 0.296 e. The molecule has 2 aromatic carbocycles. The summed E-state index contributed by atoms with van der Waals surface area (Å²) in [7, 11) is 3.27. The van der Waals surface area contributed by atoms with Gasteiger partial charge in [0.25, 0.3) is 5.91 Å². The molecule has 3 rings (SSSR count). The van der Waals surface area contributed by atoms with Gasteiger partial charge in [-0.1, -0.05) is 34.1 Å². The first-order chi connectivity index (χ1) is 12.5. The van der Waals surface area contributed by atoms with Gasteiger partial charge >= 0.3 is 0 Å². The molecule has 0 unspecified atom stereocenters. The number of guanidine groups is 1. The minimum Gasteiger partial charge on any atom is -0.493 e. The van der Waals surface area contributed by atoms with E-state index in [1.807, 2.05) is 36.4 Å². The zero-order valence-corrected chi connectivity index (χ0v) is 17.2. The molecule has 0 aliphatic carbocycles. The monoisotopic (exact) mass is 451 g/mol. The third-order valence-corrected chi connectivity index (χ3v) is 4.47. The van der Waals surface area contributed by atoms with Gasteiger partial charge in [-0.05, 0) is 41.5 Å². The topological polar surface area (TPSA) is 77.1 Å². The van der Waals surface area contributed by atoms with Crippen molar-refractivity contribution in [2.75, 3.05) is 14.2 Å². The largest absolute Gasteiger partial charge is 0.493 e. The van der Waals surface area contributed by atoms with Gasteiger partial charge in [0.15, 0.2) is 11.5 Å². The fourth-order valence-corrected chi connectivity index (χ4v) is 2.72. The highest BCUT2D eigenvalue weighted by Gasteiger charge is 2.24. The highest BCUT2D eigenvalue weighted by Crippen LogP contribution is 2.30. The predicted molar refractivity (Wildman–Crippen MR) is 111 cm³/mol. The van der Waals surface area contributed by atoms with Gasteiger partial charge in [0.05, 0.1) is 7.11 Å². The van der Waals surface area contributed by atoms with E-state index in [1.165, 1.54) is 0 Å². The number of carbonyl (C=O) groups excluding carboxylic acids is 1. The molecular formula is C19H19BrClN3O3. The van der Waals surface area contributed by atoms with Gasteiger partial charge in [-0.25, -0.2) is 0 Å². The number of methoxy groups -OCH3 is 1. The zero-order chi connectivity index (χ0) is 18.7. The average molecular weight is 453 g/mol. The van der Waals surface area contributed by atoms with E-state index in [0.717, 1.165) is 15.6 Å². The van der Waals surface area contributed by atoms with Gasteiger partial charge in [-0.3, -0.25) is 4.79 Å². The number of ether oxygens (including phenoxy) is 2. The molecule has 142 valence electrons. The van der Waals surface area contributed by atoms with Crippen LogP contribution in [-0.2, 0) is 11.4 Å². The molecule has 27 heavy (non-hydrogen) atoms. The molecule has 0 fully saturated rings. The highest BCUT2D eigenvalue weighted by atomic mass is 79.9. The maximum absolute atomic E-state index is 11.9. The summed E-state index contributed by atoms with van der Waals surface area (Å²) in [5, 5.41) is 0. The molecule has 1 aliphatic heterocycles. The van der Waals surface area contributed by atoms with Crippen LogP contribution in [0.2, 0.25) is 0 Å². The number of nitrogens with two attached hydrogens (primary N) is 1. The maximum Gasteiger partial charge on any atom is 0.296 e. The molecule has 1 heterocycles. The van der Waals surface area contributed by atoms with Gasteiger partial charge in [0.1, 0.15) is 12.3 Å². The maximum atomic E-state index is 11.9. The minimum absolute atomic E-state index is 0. The SMILES string of the molecule is COc1cc(/C=C2\C(=O)N=C(N)N2C)ccc1OCc1ccc(Br)cc1.Cl. The van der Waals surface area contributed by atoms with E-state index >= 15 is 0 Å². The number of benzene rings is 2. The van der Waals surface area contributed by atoms with Crippen LogP contribution in [0.15, 0.2) is 57.6 Å². The van der Waals surface area contributed by atoms with Crippen molar-refractivity contribution in [1.29, 1.82) is 0 Å². The second-order valence-corrected chi connectivity index (χ2v) is 6.60. The van der Waals surface area contributed by atoms with Crippen molar-refractivity contribution >= 4 is 46.3 Å². The normalized spacial score (nSPS) is 14.8. The molecule has 8 heteroatoms. The Morgan fingerprint density at radius 1 is 1.19 bits per heavy atom. The van der Waals surface area contributed by atoms with Crippen LogP contribution < -0.4 is 15.2 Å². The molecule has 6 nitrogen and oxygen atoms in total. The Balaban J connectivity index is 0.00000261. The van der Waals surface area contributed by atoms with Crippen molar-refractivity contribution < 1.29 is 14.3 Å². The number of nitrogens with zero attached hydrogens (tertiary/aromatic N) is 2. The van der Waals surface area contributed by atoms with Gasteiger partial charge in [-0.15, -0.1) is 12.4 Å². The molecule has 1 aliphatic rings. The summed E-state index contributed by atoms with van der Waals surface area (Å²) in [5.74, 6) is 1.03. The third kappa shape index (κ3) is 4.81. The fraction of sp³-hybridized carbons (Fsp3) is 0.158. The number of halogens is 2. The zero-order valence-electron chi connectivity index (χ0n) is 14.8. The summed E-state index contributed by atoms with van der Waals surface area (Å²) >= 11 is 3.41. The lowest BCUT2D eigenvalue weighted by atomic mass is 10.1. The molecule has 0 aromatic heterocycles. The van der Waals surface area contributed by atoms with E-state index in [0.29, 0.717) is 23.8 Å². The molecule has 2 N–H and O–H groups in total. The Kier molecular flexibility index (Phi) is 6.87. The van der Waals surface area contributed by atoms with Crippen molar-refractivity contribution in [3.8, 4) is 11.5 Å². The summed E-state index contributed by atoms with van der Waals surface area (Å²) in [6.07, 6.45) is 1.71. The molecule has 0 saturated carbocycles. The molecule has 0 spiro atoms. The predicted octanol–water partition coefficient (Wildman–Crippen LogP) is 3.59. The first kappa shape index (κ1) is 20.8. The van der Waals surface area contributed by atoms with Crippen molar-refractivity contribution in [2.45, 2.75) is 6.61 Å². The molecule has 0 radical (unpaired) electrons. The van der Waals surface area contributed by atoms with Gasteiger partial charge < -0.3 is 20.1 Å². The van der Waals surface area contributed by atoms with Crippen molar-refractivity contribution in [3.63, 3.8) is 0 Å². The number of aliphatic imine (C=N–C) groups is 1. The molecule has 2 aromatic rings. The van der Waals surface area contributed by atoms with E-state index in [1.54, 1.807) is 31.2 Å². The Hall–Kier alpha value is -2.51. The summed E-state index contributed by atoms with van der Waals surface area (Å²) < 4.78 is 12.3. The Labute approximate surface area is 172 Å². The number of carbonyl (C=O) groups is 1. The second-order valence-electron chi connectivity index (χ2n) is 5.69. The fourth-order valence-electron chi connectivity index (χ4n) is 2.45. The van der Waals surface area contributed by atoms with Crippen LogP contribution in [0.5, 0.6) is 11.5 Å². The molecule has 0 saturated heterocycles. The number of amides is 1. The Morgan fingerprint density at radius 3 is 2.48 bits per heavy atom. The lowest BCUT2D eigenvalue weighted by Crippen LogP contribution is -2.28.